The Morgan fingerprint density at radius 1 is 1.25 bits per heavy atom. The number of halogens is 2. The van der Waals surface area contributed by atoms with Crippen LogP contribution in [-0.4, -0.2) is 61.2 Å². The van der Waals surface area contributed by atoms with E-state index in [1.54, 1.807) is 0 Å². The molecule has 0 spiro atoms. The molecule has 1 aliphatic heterocycles. The molecule has 1 aromatic carbocycles. The largest absolute Gasteiger partial charge is 0.493 e. The first-order valence-corrected chi connectivity index (χ1v) is 10.5. The highest BCUT2D eigenvalue weighted by Crippen LogP contribution is 2.34. The van der Waals surface area contributed by atoms with Crippen molar-refractivity contribution in [2.45, 2.75) is 19.5 Å². The van der Waals surface area contributed by atoms with Gasteiger partial charge in [-0.15, -0.1) is 0 Å². The predicted molar refractivity (Wildman–Crippen MR) is 111 cm³/mol. The molecule has 1 saturated heterocycles. The van der Waals surface area contributed by atoms with E-state index in [1.165, 1.54) is 31.4 Å². The molecule has 32 heavy (non-hydrogen) atoms. The molecular weight excluding hydrogens is 448 g/mol. The van der Waals surface area contributed by atoms with Crippen molar-refractivity contribution in [2.75, 3.05) is 26.7 Å². The van der Waals surface area contributed by atoms with Gasteiger partial charge >= 0.3 is 6.61 Å². The van der Waals surface area contributed by atoms with Gasteiger partial charge in [-0.1, -0.05) is 6.07 Å². The lowest BCUT2D eigenvalue weighted by molar-refractivity contribution is -0.127. The van der Waals surface area contributed by atoms with Gasteiger partial charge in [0.2, 0.25) is 11.8 Å². The topological polar surface area (TPSA) is 114 Å². The van der Waals surface area contributed by atoms with Crippen molar-refractivity contribution in [1.82, 2.24) is 15.5 Å². The lowest BCUT2D eigenvalue weighted by Crippen LogP contribution is -2.41. The highest BCUT2D eigenvalue weighted by atomic mass is 32.2. The maximum absolute atomic E-state index is 12.6. The maximum atomic E-state index is 12.6. The number of rotatable bonds is 10. The average Bonchev–Trinajstić information content (AvgIpc) is 3.56. The normalized spacial score (nSPS) is 17.1. The van der Waals surface area contributed by atoms with E-state index in [1.807, 2.05) is 0 Å². The van der Waals surface area contributed by atoms with Crippen LogP contribution >= 0.6 is 11.8 Å². The van der Waals surface area contributed by atoms with Gasteiger partial charge in [-0.3, -0.25) is 24.1 Å². The third kappa shape index (κ3) is 6.19. The predicted octanol–water partition coefficient (Wildman–Crippen LogP) is 1.98. The summed E-state index contributed by atoms with van der Waals surface area (Å²) in [6.07, 6.45) is 3.10. The third-order valence-corrected chi connectivity index (χ3v) is 5.51. The molecule has 0 radical (unpaired) electrons. The molecule has 3 rings (SSSR count). The second kappa shape index (κ2) is 10.4. The zero-order valence-electron chi connectivity index (χ0n) is 17.1. The van der Waals surface area contributed by atoms with E-state index >= 15 is 0 Å². The molecular formula is C20H21F2N3O6S. The van der Waals surface area contributed by atoms with Crippen molar-refractivity contribution in [3.63, 3.8) is 0 Å². The van der Waals surface area contributed by atoms with Crippen LogP contribution in [0.25, 0.3) is 6.08 Å². The Balaban J connectivity index is 1.54. The molecule has 1 saturated carbocycles. The van der Waals surface area contributed by atoms with Crippen molar-refractivity contribution < 1.29 is 37.4 Å². The molecule has 0 unspecified atom stereocenters. The van der Waals surface area contributed by atoms with Crippen LogP contribution in [0.2, 0.25) is 0 Å². The van der Waals surface area contributed by atoms with E-state index in [9.17, 15) is 28.0 Å². The van der Waals surface area contributed by atoms with Crippen molar-refractivity contribution in [3.8, 4) is 11.5 Å². The minimum Gasteiger partial charge on any atom is -0.493 e. The molecule has 2 N–H and O–H groups in total. The molecule has 1 heterocycles. The number of amides is 4. The SMILES string of the molecule is COc1cc(/C=C2\SC(=O)N(CCNC(=O)CNC(=O)C3CC3)C2=O)ccc1OC(F)F. The summed E-state index contributed by atoms with van der Waals surface area (Å²) in [6, 6.07) is 4.13. The lowest BCUT2D eigenvalue weighted by Gasteiger charge is -2.13. The Labute approximate surface area is 186 Å². The fraction of sp³-hybridized carbons (Fsp3) is 0.400. The summed E-state index contributed by atoms with van der Waals surface area (Å²) >= 11 is 0.725. The van der Waals surface area contributed by atoms with Gasteiger partial charge in [-0.05, 0) is 48.4 Å². The van der Waals surface area contributed by atoms with Gasteiger partial charge in [0, 0.05) is 19.0 Å². The number of nitrogens with one attached hydrogen (secondary N) is 2. The number of carbonyl (C=O) groups is 4. The Hall–Kier alpha value is -3.15. The van der Waals surface area contributed by atoms with Crippen LogP contribution < -0.4 is 20.1 Å². The molecule has 1 aromatic rings. The number of ether oxygens (including phenoxy) is 2. The number of carbonyl (C=O) groups excluding carboxylic acids is 4. The number of nitrogens with zero attached hydrogens (tertiary/aromatic N) is 1. The number of hydrogen-bond acceptors (Lipinski definition) is 7. The van der Waals surface area contributed by atoms with Gasteiger partial charge in [0.05, 0.1) is 18.6 Å². The molecule has 2 aliphatic rings. The van der Waals surface area contributed by atoms with Gasteiger partial charge in [0.25, 0.3) is 11.1 Å². The van der Waals surface area contributed by atoms with E-state index in [4.69, 9.17) is 4.74 Å². The summed E-state index contributed by atoms with van der Waals surface area (Å²) in [6.45, 7) is -3.17. The molecule has 12 heteroatoms. The van der Waals surface area contributed by atoms with Gasteiger partial charge in [0.1, 0.15) is 0 Å². The second-order valence-electron chi connectivity index (χ2n) is 6.96. The quantitative estimate of drug-likeness (QED) is 0.504. The average molecular weight is 469 g/mol. The second-order valence-corrected chi connectivity index (χ2v) is 7.96. The van der Waals surface area contributed by atoms with Crippen molar-refractivity contribution in [1.29, 1.82) is 0 Å². The van der Waals surface area contributed by atoms with Gasteiger partial charge in [-0.25, -0.2) is 0 Å². The van der Waals surface area contributed by atoms with Crippen LogP contribution in [-0.2, 0) is 14.4 Å². The van der Waals surface area contributed by atoms with E-state index in [0.717, 1.165) is 29.5 Å². The summed E-state index contributed by atoms with van der Waals surface area (Å²) < 4.78 is 34.3. The highest BCUT2D eigenvalue weighted by molar-refractivity contribution is 8.18. The summed E-state index contributed by atoms with van der Waals surface area (Å²) in [7, 11) is 1.29. The molecule has 9 nitrogen and oxygen atoms in total. The number of hydrogen-bond donors (Lipinski definition) is 2. The number of methoxy groups -OCH3 is 1. The van der Waals surface area contributed by atoms with Gasteiger partial charge in [-0.2, -0.15) is 8.78 Å². The minimum absolute atomic E-state index is 0.00196. The Kier molecular flexibility index (Phi) is 7.67. The van der Waals surface area contributed by atoms with Crippen molar-refractivity contribution in [3.05, 3.63) is 28.7 Å². The Morgan fingerprint density at radius 2 is 2.00 bits per heavy atom. The van der Waals surface area contributed by atoms with Crippen LogP contribution in [0.3, 0.4) is 0 Å². The van der Waals surface area contributed by atoms with E-state index in [0.29, 0.717) is 5.56 Å². The third-order valence-electron chi connectivity index (χ3n) is 4.60. The van der Waals surface area contributed by atoms with E-state index in [2.05, 4.69) is 15.4 Å². The smallest absolute Gasteiger partial charge is 0.387 e. The maximum Gasteiger partial charge on any atom is 0.387 e. The molecule has 0 aromatic heterocycles. The number of benzene rings is 1. The van der Waals surface area contributed by atoms with Crippen LogP contribution in [0.15, 0.2) is 23.1 Å². The minimum atomic E-state index is -3.01. The molecule has 0 bridgehead atoms. The first-order valence-electron chi connectivity index (χ1n) is 9.71. The zero-order chi connectivity index (χ0) is 23.3. The summed E-state index contributed by atoms with van der Waals surface area (Å²) in [4.78, 5) is 49.2. The van der Waals surface area contributed by atoms with Crippen LogP contribution in [0, 0.1) is 5.92 Å². The number of imide groups is 1. The van der Waals surface area contributed by atoms with Crippen molar-refractivity contribution in [2.24, 2.45) is 5.92 Å². The number of thioether (sulfide) groups is 1. The highest BCUT2D eigenvalue weighted by Gasteiger charge is 2.35. The summed E-state index contributed by atoms with van der Waals surface area (Å²) in [5.41, 5.74) is 0.452. The molecule has 1 aliphatic carbocycles. The van der Waals surface area contributed by atoms with E-state index in [-0.39, 0.29) is 47.9 Å². The fourth-order valence-corrected chi connectivity index (χ4v) is 3.70. The molecule has 4 amide bonds. The molecule has 172 valence electrons. The Morgan fingerprint density at radius 3 is 2.66 bits per heavy atom. The first kappa shape index (κ1) is 23.5. The van der Waals surface area contributed by atoms with Crippen LogP contribution in [0.5, 0.6) is 11.5 Å². The standard InChI is InChI=1S/C20H21F2N3O6S/c1-30-14-8-11(2-5-13(14)31-19(21)22)9-15-18(28)25(20(29)32-15)7-6-23-16(26)10-24-17(27)12-3-4-12/h2,5,8-9,12,19H,3-4,6-7,10H2,1H3,(H,23,26)(H,24,27)/b15-9-. The number of alkyl halides is 2. The summed E-state index contributed by atoms with van der Waals surface area (Å²) in [5.74, 6) is -1.21. The van der Waals surface area contributed by atoms with E-state index < -0.39 is 23.7 Å². The molecule has 0 atom stereocenters. The zero-order valence-corrected chi connectivity index (χ0v) is 17.9. The first-order chi connectivity index (χ1) is 15.3. The van der Waals surface area contributed by atoms with Crippen LogP contribution in [0.1, 0.15) is 18.4 Å². The summed E-state index contributed by atoms with van der Waals surface area (Å²) in [5, 5.41) is 4.57. The van der Waals surface area contributed by atoms with Gasteiger partial charge in [0.15, 0.2) is 11.5 Å². The van der Waals surface area contributed by atoms with Crippen LogP contribution in [0.4, 0.5) is 13.6 Å². The fourth-order valence-electron chi connectivity index (χ4n) is 2.84. The Bertz CT molecular complexity index is 951. The monoisotopic (exact) mass is 469 g/mol. The van der Waals surface area contributed by atoms with Crippen molar-refractivity contribution >= 4 is 40.8 Å². The molecule has 2 fully saturated rings. The lowest BCUT2D eigenvalue weighted by atomic mass is 10.2. The van der Waals surface area contributed by atoms with Gasteiger partial charge < -0.3 is 20.1 Å².